The van der Waals surface area contributed by atoms with Gasteiger partial charge in [0.2, 0.25) is 10.0 Å². The van der Waals surface area contributed by atoms with E-state index in [0.29, 0.717) is 29.9 Å². The van der Waals surface area contributed by atoms with Gasteiger partial charge in [0.15, 0.2) is 11.4 Å². The first kappa shape index (κ1) is 22.2. The van der Waals surface area contributed by atoms with E-state index in [0.717, 1.165) is 22.4 Å². The summed E-state index contributed by atoms with van der Waals surface area (Å²) < 4.78 is 26.9. The van der Waals surface area contributed by atoms with Gasteiger partial charge in [-0.05, 0) is 19.4 Å². The lowest BCUT2D eigenvalue weighted by Gasteiger charge is -2.17. The van der Waals surface area contributed by atoms with Gasteiger partial charge in [-0.1, -0.05) is 36.4 Å². The Kier molecular flexibility index (Phi) is 5.41. The minimum absolute atomic E-state index is 0.199. The molecule has 1 unspecified atom stereocenters. The third-order valence-electron chi connectivity index (χ3n) is 6.21. The number of hydrogen-bond acceptors (Lipinski definition) is 7. The maximum Gasteiger partial charge on any atom is 0.211 e. The minimum Gasteiger partial charge on any atom is -0.383 e. The molecule has 5 rings (SSSR count). The van der Waals surface area contributed by atoms with Crippen LogP contribution in [0.1, 0.15) is 35.3 Å². The molecule has 4 aromatic rings. The van der Waals surface area contributed by atoms with Crippen molar-refractivity contribution in [2.75, 3.05) is 25.1 Å². The zero-order chi connectivity index (χ0) is 24.0. The van der Waals surface area contributed by atoms with Gasteiger partial charge in [-0.15, -0.1) is 0 Å². The molecule has 1 fully saturated rings. The molecule has 1 atom stereocenters. The van der Waals surface area contributed by atoms with Gasteiger partial charge in [0.05, 0.1) is 29.4 Å². The fraction of sp³-hybridized carbons (Fsp3) is 0.250. The summed E-state index contributed by atoms with van der Waals surface area (Å²) in [6.45, 7) is 2.08. The molecule has 10 heteroatoms. The van der Waals surface area contributed by atoms with Crippen LogP contribution >= 0.6 is 0 Å². The molecular weight excluding hydrogens is 452 g/mol. The van der Waals surface area contributed by atoms with Crippen LogP contribution in [0.25, 0.3) is 28.0 Å². The number of fused-ring (bicyclic) bond motifs is 1. The fourth-order valence-electron chi connectivity index (χ4n) is 4.48. The maximum atomic E-state index is 12.5. The molecule has 4 heterocycles. The number of nitrogens with zero attached hydrogens (tertiary/aromatic N) is 5. The number of hydrogen-bond donors (Lipinski definition) is 1. The molecule has 1 aliphatic rings. The lowest BCUT2D eigenvalue weighted by Crippen LogP contribution is -2.27. The van der Waals surface area contributed by atoms with Crippen LogP contribution in [-0.2, 0) is 10.0 Å². The lowest BCUT2D eigenvalue weighted by molar-refractivity contribution is 0.101. The van der Waals surface area contributed by atoms with Crippen LogP contribution in [0.3, 0.4) is 0 Å². The van der Waals surface area contributed by atoms with Crippen molar-refractivity contribution in [1.82, 2.24) is 23.9 Å². The summed E-state index contributed by atoms with van der Waals surface area (Å²) in [6.07, 6.45) is 5.17. The van der Waals surface area contributed by atoms with Crippen molar-refractivity contribution < 1.29 is 13.2 Å². The molecule has 2 N–H and O–H groups in total. The van der Waals surface area contributed by atoms with Crippen LogP contribution in [0.4, 0.5) is 5.82 Å². The third-order valence-corrected chi connectivity index (χ3v) is 7.48. The molecule has 0 saturated carbocycles. The molecule has 0 spiro atoms. The van der Waals surface area contributed by atoms with Crippen LogP contribution < -0.4 is 5.73 Å². The number of benzene rings is 1. The van der Waals surface area contributed by atoms with Gasteiger partial charge in [0, 0.05) is 41.9 Å². The number of carbonyl (C=O) groups excluding carboxylic acids is 1. The lowest BCUT2D eigenvalue weighted by atomic mass is 9.97. The molecule has 0 radical (unpaired) electrons. The number of sulfonamides is 1. The highest BCUT2D eigenvalue weighted by Gasteiger charge is 2.34. The van der Waals surface area contributed by atoms with Gasteiger partial charge in [0.25, 0.3) is 0 Å². The van der Waals surface area contributed by atoms with E-state index in [1.807, 2.05) is 42.5 Å². The van der Waals surface area contributed by atoms with Gasteiger partial charge in [-0.2, -0.15) is 9.61 Å². The first-order valence-electron chi connectivity index (χ1n) is 10.9. The number of ketones is 1. The molecule has 0 bridgehead atoms. The second-order valence-electron chi connectivity index (χ2n) is 8.51. The summed E-state index contributed by atoms with van der Waals surface area (Å²) in [7, 11) is -3.33. The first-order valence-corrected chi connectivity index (χ1v) is 12.7. The summed E-state index contributed by atoms with van der Waals surface area (Å²) >= 11 is 0. The van der Waals surface area contributed by atoms with E-state index in [1.54, 1.807) is 12.4 Å². The number of Topliss-reactive ketones (excluding diaryl/α,β-unsaturated/α-hetero) is 1. The summed E-state index contributed by atoms with van der Waals surface area (Å²) in [5.74, 6) is -0.265. The Bertz CT molecular complexity index is 1500. The Morgan fingerprint density at radius 3 is 2.47 bits per heavy atom. The highest BCUT2D eigenvalue weighted by atomic mass is 32.2. The van der Waals surface area contributed by atoms with Crippen LogP contribution in [-0.4, -0.2) is 57.4 Å². The van der Waals surface area contributed by atoms with Crippen LogP contribution in [0.2, 0.25) is 0 Å². The summed E-state index contributed by atoms with van der Waals surface area (Å²) in [5.41, 5.74) is 11.1. The van der Waals surface area contributed by atoms with Crippen LogP contribution in [0, 0.1) is 0 Å². The zero-order valence-corrected chi connectivity index (χ0v) is 19.7. The van der Waals surface area contributed by atoms with E-state index < -0.39 is 10.0 Å². The van der Waals surface area contributed by atoms with Crippen molar-refractivity contribution in [2.45, 2.75) is 19.3 Å². The van der Waals surface area contributed by atoms with E-state index in [2.05, 4.69) is 10.1 Å². The molecule has 3 aromatic heterocycles. The normalized spacial score (nSPS) is 16.8. The van der Waals surface area contributed by atoms with Crippen molar-refractivity contribution in [3.8, 4) is 22.4 Å². The molecule has 1 saturated heterocycles. The smallest absolute Gasteiger partial charge is 0.211 e. The largest absolute Gasteiger partial charge is 0.383 e. The summed E-state index contributed by atoms with van der Waals surface area (Å²) in [4.78, 5) is 21.9. The molecule has 0 aliphatic carbocycles. The van der Waals surface area contributed by atoms with Gasteiger partial charge in [-0.3, -0.25) is 9.78 Å². The standard InChI is InChI=1S/C24H24N6O3S/c1-15(31)21-22(18-10-11-29(14-18)34(2,32)33)28-24-19(13-27-30(24)23(21)25)17-8-9-20(26-12-17)16-6-4-3-5-7-16/h3-9,12-13,18H,10-11,14,25H2,1-2H3. The molecule has 1 aliphatic heterocycles. The quantitative estimate of drug-likeness (QED) is 0.439. The average molecular weight is 477 g/mol. The number of anilines is 1. The Balaban J connectivity index is 1.60. The monoisotopic (exact) mass is 476 g/mol. The van der Waals surface area contributed by atoms with E-state index in [4.69, 9.17) is 10.7 Å². The van der Waals surface area contributed by atoms with Crippen molar-refractivity contribution in [3.63, 3.8) is 0 Å². The Labute approximate surface area is 197 Å². The number of nitrogens with two attached hydrogens (primary N) is 1. The van der Waals surface area contributed by atoms with Gasteiger partial charge in [0.1, 0.15) is 5.82 Å². The average Bonchev–Trinajstić information content (AvgIpc) is 3.47. The van der Waals surface area contributed by atoms with Crippen molar-refractivity contribution in [1.29, 1.82) is 0 Å². The number of carbonyl (C=O) groups is 1. The molecule has 34 heavy (non-hydrogen) atoms. The Morgan fingerprint density at radius 1 is 1.09 bits per heavy atom. The second-order valence-corrected chi connectivity index (χ2v) is 10.5. The Hall–Kier alpha value is -3.63. The van der Waals surface area contributed by atoms with Crippen LogP contribution in [0.15, 0.2) is 54.9 Å². The summed E-state index contributed by atoms with van der Waals surface area (Å²) in [6, 6.07) is 13.8. The van der Waals surface area contributed by atoms with Crippen molar-refractivity contribution in [2.24, 2.45) is 0 Å². The van der Waals surface area contributed by atoms with Crippen LogP contribution in [0.5, 0.6) is 0 Å². The van der Waals surface area contributed by atoms with E-state index in [9.17, 15) is 13.2 Å². The van der Waals surface area contributed by atoms with E-state index in [1.165, 1.54) is 22.0 Å². The Morgan fingerprint density at radius 2 is 1.85 bits per heavy atom. The maximum absolute atomic E-state index is 12.5. The minimum atomic E-state index is -3.33. The highest BCUT2D eigenvalue weighted by molar-refractivity contribution is 7.88. The molecule has 9 nitrogen and oxygen atoms in total. The highest BCUT2D eigenvalue weighted by Crippen LogP contribution is 2.35. The number of nitrogen functional groups attached to an aromatic ring is 1. The number of aromatic nitrogens is 4. The molecule has 1 aromatic carbocycles. The van der Waals surface area contributed by atoms with E-state index >= 15 is 0 Å². The first-order chi connectivity index (χ1) is 16.2. The predicted octanol–water partition coefficient (Wildman–Crippen LogP) is 2.99. The number of pyridine rings is 1. The number of rotatable bonds is 5. The van der Waals surface area contributed by atoms with Crippen molar-refractivity contribution >= 4 is 27.3 Å². The van der Waals surface area contributed by atoms with Crippen molar-refractivity contribution in [3.05, 3.63) is 66.1 Å². The fourth-order valence-corrected chi connectivity index (χ4v) is 5.37. The van der Waals surface area contributed by atoms with Gasteiger partial charge < -0.3 is 5.73 Å². The van der Waals surface area contributed by atoms with Gasteiger partial charge >= 0.3 is 0 Å². The second kappa shape index (κ2) is 8.30. The molecular formula is C24H24N6O3S. The predicted molar refractivity (Wildman–Crippen MR) is 130 cm³/mol. The third kappa shape index (κ3) is 3.84. The topological polar surface area (TPSA) is 124 Å². The van der Waals surface area contributed by atoms with E-state index in [-0.39, 0.29) is 24.1 Å². The molecule has 174 valence electrons. The summed E-state index contributed by atoms with van der Waals surface area (Å²) in [5, 5.41) is 4.38. The van der Waals surface area contributed by atoms with Gasteiger partial charge in [-0.25, -0.2) is 17.7 Å². The SMILES string of the molecule is CC(=O)c1c(C2CCN(S(C)(=O)=O)C2)nc2c(-c3ccc(-c4ccccc4)nc3)cnn2c1N. The zero-order valence-electron chi connectivity index (χ0n) is 18.8. The molecule has 0 amide bonds.